The van der Waals surface area contributed by atoms with Crippen molar-refractivity contribution in [3.63, 3.8) is 0 Å². The van der Waals surface area contributed by atoms with Crippen molar-refractivity contribution in [3.8, 4) is 0 Å². The number of benzene rings is 1. The Kier molecular flexibility index (Phi) is 5.24. The summed E-state index contributed by atoms with van der Waals surface area (Å²) in [6.07, 6.45) is 1.56. The van der Waals surface area contributed by atoms with Gasteiger partial charge < -0.3 is 10.2 Å². The number of aliphatic imine (C=N–C) groups is 1. The SMILES string of the molecule is CC(=O)NC1=C/C(=N\c2ccc(N(C)C)cc2C)C(C)=C(Cl)C1=O. The number of aryl methyl sites for hydroxylation is 1. The second-order valence-corrected chi connectivity index (χ2v) is 6.25. The molecule has 0 saturated carbocycles. The van der Waals surface area contributed by atoms with Crippen molar-refractivity contribution in [2.45, 2.75) is 20.8 Å². The minimum Gasteiger partial charge on any atom is -0.378 e. The first-order valence-corrected chi connectivity index (χ1v) is 7.86. The molecule has 1 N–H and O–H groups in total. The van der Waals surface area contributed by atoms with Crippen LogP contribution in [-0.4, -0.2) is 31.5 Å². The summed E-state index contributed by atoms with van der Waals surface area (Å²) in [5, 5.41) is 2.58. The van der Waals surface area contributed by atoms with E-state index < -0.39 is 5.78 Å². The Labute approximate surface area is 146 Å². The fourth-order valence-corrected chi connectivity index (χ4v) is 2.48. The Morgan fingerprint density at radius 1 is 1.25 bits per heavy atom. The van der Waals surface area contributed by atoms with Gasteiger partial charge in [0.1, 0.15) is 0 Å². The molecule has 0 atom stereocenters. The minimum atomic E-state index is -0.400. The fraction of sp³-hybridized carbons (Fsp3) is 0.278. The summed E-state index contributed by atoms with van der Waals surface area (Å²) < 4.78 is 0. The van der Waals surface area contributed by atoms with E-state index in [0.717, 1.165) is 16.9 Å². The number of Topliss-reactive ketones (excluding diaryl/α,β-unsaturated/α-hetero) is 1. The van der Waals surface area contributed by atoms with Crippen LogP contribution < -0.4 is 10.2 Å². The van der Waals surface area contributed by atoms with Gasteiger partial charge >= 0.3 is 0 Å². The van der Waals surface area contributed by atoms with Gasteiger partial charge in [0.2, 0.25) is 11.7 Å². The zero-order valence-electron chi connectivity index (χ0n) is 14.4. The van der Waals surface area contributed by atoms with Gasteiger partial charge in [-0.25, -0.2) is 4.99 Å². The van der Waals surface area contributed by atoms with E-state index in [9.17, 15) is 9.59 Å². The number of hydrogen-bond acceptors (Lipinski definition) is 4. The third-order valence-corrected chi connectivity index (χ3v) is 4.14. The zero-order valence-corrected chi connectivity index (χ0v) is 15.2. The molecule has 0 aromatic heterocycles. The van der Waals surface area contributed by atoms with Crippen LogP contribution in [0.3, 0.4) is 0 Å². The van der Waals surface area contributed by atoms with Crippen LogP contribution in [0.25, 0.3) is 0 Å². The Balaban J connectivity index is 2.48. The maximum Gasteiger partial charge on any atom is 0.221 e. The number of anilines is 1. The van der Waals surface area contributed by atoms with Crippen molar-refractivity contribution in [2.24, 2.45) is 4.99 Å². The third-order valence-electron chi connectivity index (χ3n) is 3.69. The molecule has 0 heterocycles. The fourth-order valence-electron chi connectivity index (χ4n) is 2.28. The smallest absolute Gasteiger partial charge is 0.221 e. The summed E-state index contributed by atoms with van der Waals surface area (Å²) in [6.45, 7) is 5.05. The molecule has 1 amide bonds. The topological polar surface area (TPSA) is 61.8 Å². The zero-order chi connectivity index (χ0) is 18.0. The predicted octanol–water partition coefficient (Wildman–Crippen LogP) is 3.25. The van der Waals surface area contributed by atoms with E-state index in [0.29, 0.717) is 11.3 Å². The van der Waals surface area contributed by atoms with Gasteiger partial charge in [-0.05, 0) is 49.3 Å². The number of nitrogens with one attached hydrogen (secondary N) is 1. The Hall–Kier alpha value is -2.40. The van der Waals surface area contributed by atoms with Gasteiger partial charge in [-0.2, -0.15) is 0 Å². The van der Waals surface area contributed by atoms with Gasteiger partial charge in [0.15, 0.2) is 0 Å². The quantitative estimate of drug-likeness (QED) is 0.855. The van der Waals surface area contributed by atoms with Crippen LogP contribution in [0.2, 0.25) is 0 Å². The van der Waals surface area contributed by atoms with Gasteiger partial charge in [-0.1, -0.05) is 11.6 Å². The summed E-state index contributed by atoms with van der Waals surface area (Å²) in [5.41, 5.74) is 4.15. The summed E-state index contributed by atoms with van der Waals surface area (Å²) in [6, 6.07) is 5.92. The number of hydrogen-bond donors (Lipinski definition) is 1. The average Bonchev–Trinajstić information content (AvgIpc) is 2.51. The lowest BCUT2D eigenvalue weighted by Gasteiger charge is -2.17. The molecule has 0 fully saturated rings. The van der Waals surface area contributed by atoms with Crippen molar-refractivity contribution >= 4 is 40.4 Å². The summed E-state index contributed by atoms with van der Waals surface area (Å²) >= 11 is 6.11. The van der Waals surface area contributed by atoms with Crippen molar-refractivity contribution in [1.82, 2.24) is 5.32 Å². The average molecular weight is 346 g/mol. The number of nitrogens with zero attached hydrogens (tertiary/aromatic N) is 2. The maximum atomic E-state index is 12.1. The van der Waals surface area contributed by atoms with Crippen LogP contribution in [-0.2, 0) is 9.59 Å². The highest BCUT2D eigenvalue weighted by Crippen LogP contribution is 2.28. The largest absolute Gasteiger partial charge is 0.378 e. The molecule has 0 radical (unpaired) electrons. The lowest BCUT2D eigenvalue weighted by atomic mass is 10.0. The lowest BCUT2D eigenvalue weighted by molar-refractivity contribution is -0.120. The van der Waals surface area contributed by atoms with Crippen LogP contribution in [0, 0.1) is 6.92 Å². The van der Waals surface area contributed by atoms with Crippen LogP contribution in [0.5, 0.6) is 0 Å². The summed E-state index contributed by atoms with van der Waals surface area (Å²) in [5.74, 6) is -0.729. The van der Waals surface area contributed by atoms with Crippen LogP contribution in [0.15, 0.2) is 45.6 Å². The standard InChI is InChI=1S/C18H20ClN3O2/c1-10-8-13(22(4)5)6-7-14(10)21-15-9-16(20-12(3)23)18(24)17(19)11(15)2/h6-9H,1-5H3,(H,20,23)/b21-15+. The molecule has 0 bridgehead atoms. The molecule has 0 saturated heterocycles. The molecule has 2 rings (SSSR count). The first-order valence-electron chi connectivity index (χ1n) is 7.48. The molecule has 126 valence electrons. The molecular weight excluding hydrogens is 326 g/mol. The van der Waals surface area contributed by atoms with Crippen LogP contribution >= 0.6 is 11.6 Å². The van der Waals surface area contributed by atoms with E-state index in [1.165, 1.54) is 6.92 Å². The molecule has 24 heavy (non-hydrogen) atoms. The maximum absolute atomic E-state index is 12.1. The molecular formula is C18H20ClN3O2. The number of carbonyl (C=O) groups excluding carboxylic acids is 2. The molecule has 0 aliphatic heterocycles. The predicted molar refractivity (Wildman–Crippen MR) is 98.1 cm³/mol. The third kappa shape index (κ3) is 3.74. The number of allylic oxidation sites excluding steroid dienone is 3. The van der Waals surface area contributed by atoms with E-state index >= 15 is 0 Å². The number of rotatable bonds is 3. The van der Waals surface area contributed by atoms with E-state index in [-0.39, 0.29) is 16.6 Å². The molecule has 1 aromatic carbocycles. The number of halogens is 1. The number of carbonyl (C=O) groups is 2. The van der Waals surface area contributed by atoms with E-state index in [1.807, 2.05) is 44.1 Å². The van der Waals surface area contributed by atoms with Crippen LogP contribution in [0.1, 0.15) is 19.4 Å². The highest BCUT2D eigenvalue weighted by atomic mass is 35.5. The van der Waals surface area contributed by atoms with Crippen molar-refractivity contribution in [2.75, 3.05) is 19.0 Å². The molecule has 1 aliphatic rings. The van der Waals surface area contributed by atoms with Gasteiger partial charge in [0, 0.05) is 26.7 Å². The Morgan fingerprint density at radius 2 is 1.92 bits per heavy atom. The second kappa shape index (κ2) is 7.01. The highest BCUT2D eigenvalue weighted by molar-refractivity contribution is 6.49. The van der Waals surface area contributed by atoms with Gasteiger partial charge in [0.05, 0.1) is 22.1 Å². The van der Waals surface area contributed by atoms with Gasteiger partial charge in [-0.3, -0.25) is 9.59 Å². The number of amides is 1. The van der Waals surface area contributed by atoms with Gasteiger partial charge in [0.25, 0.3) is 0 Å². The van der Waals surface area contributed by atoms with Crippen LogP contribution in [0.4, 0.5) is 11.4 Å². The van der Waals surface area contributed by atoms with Gasteiger partial charge in [-0.15, -0.1) is 0 Å². The molecule has 6 heteroatoms. The first-order chi connectivity index (χ1) is 11.2. The number of ketones is 1. The van der Waals surface area contributed by atoms with Crippen molar-refractivity contribution < 1.29 is 9.59 Å². The molecule has 5 nitrogen and oxygen atoms in total. The monoisotopic (exact) mass is 345 g/mol. The van der Waals surface area contributed by atoms with E-state index in [4.69, 9.17) is 11.6 Å². The molecule has 1 aromatic rings. The summed E-state index contributed by atoms with van der Waals surface area (Å²) in [7, 11) is 3.95. The normalized spacial score (nSPS) is 16.3. The summed E-state index contributed by atoms with van der Waals surface area (Å²) in [4.78, 5) is 30.0. The van der Waals surface area contributed by atoms with E-state index in [2.05, 4.69) is 10.3 Å². The molecule has 1 aliphatic carbocycles. The second-order valence-electron chi connectivity index (χ2n) is 5.87. The molecule has 0 unspecified atom stereocenters. The Bertz CT molecular complexity index is 804. The first kappa shape index (κ1) is 17.9. The van der Waals surface area contributed by atoms with Crippen molar-refractivity contribution in [1.29, 1.82) is 0 Å². The lowest BCUT2D eigenvalue weighted by Crippen LogP contribution is -2.29. The highest BCUT2D eigenvalue weighted by Gasteiger charge is 2.24. The molecule has 0 spiro atoms. The minimum absolute atomic E-state index is 0.0718. The van der Waals surface area contributed by atoms with E-state index in [1.54, 1.807) is 13.0 Å². The Morgan fingerprint density at radius 3 is 2.46 bits per heavy atom. The van der Waals surface area contributed by atoms with Crippen molar-refractivity contribution in [3.05, 3.63) is 46.1 Å².